The van der Waals surface area contributed by atoms with E-state index in [9.17, 15) is 12.6 Å². The van der Waals surface area contributed by atoms with Crippen LogP contribution in [0, 0.1) is 0 Å². The van der Waals surface area contributed by atoms with Gasteiger partial charge < -0.3 is 0 Å². The molecule has 0 heterocycles. The molecular weight excluding hydrogens is 152 g/mol. The molecule has 0 aromatic rings. The van der Waals surface area contributed by atoms with Crippen LogP contribution in [0.3, 0.4) is 0 Å². The summed E-state index contributed by atoms with van der Waals surface area (Å²) < 4.78 is 33.9. The molecule has 0 saturated heterocycles. The molecule has 4 nitrogen and oxygen atoms in total. The number of rotatable bonds is 2. The van der Waals surface area contributed by atoms with Gasteiger partial charge in [-0.15, -0.1) is 0 Å². The Kier molecular flexibility index (Phi) is 2.58. The van der Waals surface area contributed by atoms with Gasteiger partial charge >= 0.3 is 0 Å². The van der Waals surface area contributed by atoms with E-state index in [4.69, 9.17) is 0 Å². The van der Waals surface area contributed by atoms with Crippen LogP contribution in [0.5, 0.6) is 0 Å². The van der Waals surface area contributed by atoms with Crippen LogP contribution in [0.2, 0.25) is 0 Å². The van der Waals surface area contributed by atoms with Gasteiger partial charge in [-0.2, -0.15) is 12.0 Å². The zero-order valence-corrected chi connectivity index (χ0v) is 6.08. The van der Waals surface area contributed by atoms with Gasteiger partial charge in [-0.3, -0.25) is 0 Å². The summed E-state index contributed by atoms with van der Waals surface area (Å²) in [6.45, 7) is 0. The maximum absolute atomic E-state index is 10.0. The maximum atomic E-state index is 10.0. The molecule has 1 unspecified atom stereocenters. The molecule has 0 saturated carbocycles. The largest absolute Gasteiger partial charge is 0.277 e. The van der Waals surface area contributed by atoms with Crippen LogP contribution in [0.1, 0.15) is 0 Å². The van der Waals surface area contributed by atoms with Gasteiger partial charge in [0.05, 0.1) is 6.26 Å². The first-order chi connectivity index (χ1) is 3.42. The van der Waals surface area contributed by atoms with Crippen molar-refractivity contribution in [1.29, 1.82) is 0 Å². The molecule has 0 fully saturated rings. The molecule has 0 radical (unpaired) electrons. The molecule has 0 aliphatic carbocycles. The van der Waals surface area contributed by atoms with Crippen molar-refractivity contribution in [2.45, 2.75) is 0 Å². The van der Waals surface area contributed by atoms with Gasteiger partial charge in [0.25, 0.3) is 10.1 Å². The molecular formula is C2H6O4S2. The second-order valence-corrected chi connectivity index (χ2v) is 3.93. The lowest BCUT2D eigenvalue weighted by atomic mass is 12.0. The summed E-state index contributed by atoms with van der Waals surface area (Å²) in [5, 5.41) is 0. The van der Waals surface area contributed by atoms with Crippen LogP contribution in [0.25, 0.3) is 0 Å². The Bertz CT molecular complexity index is 178. The first-order valence-electron chi connectivity index (χ1n) is 1.65. The average Bonchev–Trinajstić information content (AvgIpc) is 1.21. The van der Waals surface area contributed by atoms with Gasteiger partial charge in [-0.1, -0.05) is 0 Å². The Hall–Kier alpha value is 0.0600. The highest BCUT2D eigenvalue weighted by atomic mass is 32.3. The Morgan fingerprint density at radius 3 is 1.88 bits per heavy atom. The molecule has 8 heavy (non-hydrogen) atoms. The van der Waals surface area contributed by atoms with Crippen molar-refractivity contribution in [1.82, 2.24) is 0 Å². The van der Waals surface area contributed by atoms with Crippen LogP contribution in [0.15, 0.2) is 0 Å². The third kappa shape index (κ3) is 6.06. The zero-order chi connectivity index (χ0) is 6.78. The number of hydrogen-bond acceptors (Lipinski definition) is 4. The monoisotopic (exact) mass is 158 g/mol. The minimum absolute atomic E-state index is 0.842. The normalized spacial score (nSPS) is 15.8. The van der Waals surface area contributed by atoms with Crippen LogP contribution in [-0.4, -0.2) is 25.1 Å². The number of hydrogen-bond donors (Lipinski definition) is 0. The van der Waals surface area contributed by atoms with E-state index in [2.05, 4.69) is 3.63 Å². The molecule has 50 valence electrons. The van der Waals surface area contributed by atoms with Crippen LogP contribution >= 0.6 is 0 Å². The average molecular weight is 158 g/mol. The van der Waals surface area contributed by atoms with E-state index in [1.165, 1.54) is 0 Å². The van der Waals surface area contributed by atoms with E-state index in [0.29, 0.717) is 0 Å². The summed E-state index contributed by atoms with van der Waals surface area (Å²) in [7, 11) is -3.52. The molecule has 1 atom stereocenters. The third-order valence-electron chi connectivity index (χ3n) is 0.219. The summed E-state index contributed by atoms with van der Waals surface area (Å²) in [4.78, 5) is 0. The van der Waals surface area contributed by atoms with Crippen molar-refractivity contribution in [2.75, 3.05) is 12.5 Å². The van der Waals surface area contributed by atoms with Gasteiger partial charge in [-0.05, 0) is 0 Å². The predicted octanol–water partition coefficient (Wildman–Crippen LogP) is -0.744. The molecule has 0 N–H and O–H groups in total. The lowest BCUT2D eigenvalue weighted by Crippen LogP contribution is -2.03. The van der Waals surface area contributed by atoms with E-state index in [1.54, 1.807) is 0 Å². The van der Waals surface area contributed by atoms with E-state index < -0.39 is 21.2 Å². The minimum atomic E-state index is -3.52. The molecule has 0 aromatic carbocycles. The summed E-state index contributed by atoms with van der Waals surface area (Å²) in [5.74, 6) is 0. The molecule has 0 rings (SSSR count). The fraction of sp³-hybridized carbons (Fsp3) is 1.00. The van der Waals surface area contributed by atoms with Crippen molar-refractivity contribution in [3.8, 4) is 0 Å². The summed E-state index contributed by atoms with van der Waals surface area (Å²) >= 11 is -1.72. The minimum Gasteiger partial charge on any atom is -0.229 e. The van der Waals surface area contributed by atoms with Gasteiger partial charge in [0.15, 0.2) is 11.1 Å². The highest BCUT2D eigenvalue weighted by Crippen LogP contribution is 1.87. The Labute approximate surface area is 50.6 Å². The van der Waals surface area contributed by atoms with Gasteiger partial charge in [0, 0.05) is 6.26 Å². The smallest absolute Gasteiger partial charge is 0.229 e. The maximum Gasteiger partial charge on any atom is 0.277 e. The van der Waals surface area contributed by atoms with Crippen molar-refractivity contribution in [3.05, 3.63) is 0 Å². The lowest BCUT2D eigenvalue weighted by molar-refractivity contribution is 0.507. The molecule has 0 aliphatic rings. The van der Waals surface area contributed by atoms with E-state index in [0.717, 1.165) is 12.5 Å². The summed E-state index contributed by atoms with van der Waals surface area (Å²) in [6, 6.07) is 0. The molecule has 0 bridgehead atoms. The molecule has 6 heteroatoms. The van der Waals surface area contributed by atoms with Gasteiger partial charge in [0.1, 0.15) is 0 Å². The van der Waals surface area contributed by atoms with Crippen molar-refractivity contribution >= 4 is 21.2 Å². The van der Waals surface area contributed by atoms with E-state index in [1.807, 2.05) is 0 Å². The second kappa shape index (κ2) is 2.56. The van der Waals surface area contributed by atoms with Crippen LogP contribution in [0.4, 0.5) is 0 Å². The highest BCUT2D eigenvalue weighted by molar-refractivity contribution is 7.96. The van der Waals surface area contributed by atoms with Crippen molar-refractivity contribution < 1.29 is 16.3 Å². The Morgan fingerprint density at radius 1 is 1.50 bits per heavy atom. The standard InChI is InChI=1S/C2H6O4S2/c1-7(3)6-8(2,4)5/h1-2H3. The fourth-order valence-electron chi connectivity index (χ4n) is 0.174. The quantitative estimate of drug-likeness (QED) is 0.531. The van der Waals surface area contributed by atoms with Crippen LogP contribution < -0.4 is 0 Å². The third-order valence-corrected chi connectivity index (χ3v) is 1.97. The Morgan fingerprint density at radius 2 is 1.88 bits per heavy atom. The molecule has 0 spiro atoms. The first-order valence-corrected chi connectivity index (χ1v) is 4.95. The SMILES string of the molecule is CS(=O)OS(C)(=O)=O. The second-order valence-electron chi connectivity index (χ2n) is 1.17. The van der Waals surface area contributed by atoms with Gasteiger partial charge in [0.2, 0.25) is 0 Å². The predicted molar refractivity (Wildman–Crippen MR) is 30.0 cm³/mol. The molecule has 0 aliphatic heterocycles. The highest BCUT2D eigenvalue weighted by Gasteiger charge is 2.02. The zero-order valence-electron chi connectivity index (χ0n) is 4.45. The van der Waals surface area contributed by atoms with Crippen molar-refractivity contribution in [2.24, 2.45) is 0 Å². The first kappa shape index (κ1) is 8.06. The van der Waals surface area contributed by atoms with Crippen LogP contribution in [-0.2, 0) is 24.8 Å². The Balaban J connectivity index is 3.95. The van der Waals surface area contributed by atoms with Gasteiger partial charge in [-0.25, -0.2) is 4.21 Å². The summed E-state index contributed by atoms with van der Waals surface area (Å²) in [6.07, 6.45) is 1.98. The molecule has 0 amide bonds. The lowest BCUT2D eigenvalue weighted by Gasteiger charge is -1.90. The molecule has 0 aromatic heterocycles. The van der Waals surface area contributed by atoms with E-state index >= 15 is 0 Å². The fourth-order valence-corrected chi connectivity index (χ4v) is 1.57. The van der Waals surface area contributed by atoms with Crippen molar-refractivity contribution in [3.63, 3.8) is 0 Å². The van der Waals surface area contributed by atoms with E-state index in [-0.39, 0.29) is 0 Å². The summed E-state index contributed by atoms with van der Waals surface area (Å²) in [5.41, 5.74) is 0. The topological polar surface area (TPSA) is 60.4 Å².